The number of hydrogen-bond donors (Lipinski definition) is 1. The number of halogens is 2. The molecule has 1 saturated heterocycles. The van der Waals surface area contributed by atoms with Gasteiger partial charge in [-0.05, 0) is 53.7 Å². The molecule has 0 saturated carbocycles. The molecule has 3 aromatic rings. The van der Waals surface area contributed by atoms with Crippen molar-refractivity contribution < 1.29 is 37.7 Å². The van der Waals surface area contributed by atoms with Gasteiger partial charge in [0.15, 0.2) is 0 Å². The zero-order chi connectivity index (χ0) is 28.3. The average Bonchev–Trinajstić information content (AvgIpc) is 3.13. The lowest BCUT2D eigenvalue weighted by molar-refractivity contribution is -0.394. The Labute approximate surface area is 221 Å². The number of thioether (sulfide) groups is 1. The number of rotatable bonds is 8. The largest absolute Gasteiger partial charge is 0.450 e. The molecule has 0 aromatic heterocycles. The van der Waals surface area contributed by atoms with Gasteiger partial charge < -0.3 is 10.1 Å². The Hall–Kier alpha value is -5.18. The molecule has 198 valence electrons. The fraction of sp³-hybridized carbons (Fsp3) is 0.0417. The van der Waals surface area contributed by atoms with E-state index in [1.54, 1.807) is 6.07 Å². The van der Waals surface area contributed by atoms with E-state index >= 15 is 0 Å². The highest BCUT2D eigenvalue weighted by molar-refractivity contribution is 8.18. The lowest BCUT2D eigenvalue weighted by atomic mass is 10.2. The lowest BCUT2D eigenvalue weighted by Gasteiger charge is -2.12. The van der Waals surface area contributed by atoms with Gasteiger partial charge in [-0.25, -0.2) is 8.78 Å². The van der Waals surface area contributed by atoms with E-state index in [-0.39, 0.29) is 22.1 Å². The van der Waals surface area contributed by atoms with E-state index in [1.807, 2.05) is 0 Å². The molecule has 1 N–H and O–H groups in total. The highest BCUT2D eigenvalue weighted by Gasteiger charge is 2.36. The zero-order valence-electron chi connectivity index (χ0n) is 19.3. The maximum atomic E-state index is 13.8. The topological polar surface area (TPSA) is 162 Å². The number of carbonyl (C=O) groups excluding carboxylic acids is 3. The molecule has 0 unspecified atom stereocenters. The molecule has 12 nitrogen and oxygen atoms in total. The van der Waals surface area contributed by atoms with Crippen molar-refractivity contribution in [3.05, 3.63) is 103 Å². The smallest absolute Gasteiger partial charge is 0.318 e. The van der Waals surface area contributed by atoms with Crippen LogP contribution in [-0.4, -0.2) is 38.3 Å². The predicted molar refractivity (Wildman–Crippen MR) is 134 cm³/mol. The van der Waals surface area contributed by atoms with Crippen LogP contribution >= 0.6 is 11.8 Å². The Bertz CT molecular complexity index is 1580. The minimum atomic E-state index is -1.03. The second kappa shape index (κ2) is 11.1. The first-order valence-electron chi connectivity index (χ1n) is 10.7. The summed E-state index contributed by atoms with van der Waals surface area (Å²) in [6.07, 6.45) is 1.33. The number of imide groups is 1. The molecule has 0 spiro atoms. The second-order valence-electron chi connectivity index (χ2n) is 7.78. The molecule has 4 rings (SSSR count). The highest BCUT2D eigenvalue weighted by Crippen LogP contribution is 2.36. The van der Waals surface area contributed by atoms with E-state index in [1.165, 1.54) is 24.3 Å². The standard InChI is InChI=1S/C24H14F2N4O8S/c25-14-4-6-18(17(26)10-14)27-22(31)12-28-23(32)21(39-24(28)33)9-13-2-1-3-16(8-13)38-20-7-5-15(29(34)35)11-19(20)30(36)37/h1-11H,12H2,(H,27,31)/b21-9+. The van der Waals surface area contributed by atoms with Gasteiger partial charge in [-0.2, -0.15) is 0 Å². The first kappa shape index (κ1) is 26.9. The monoisotopic (exact) mass is 556 g/mol. The summed E-state index contributed by atoms with van der Waals surface area (Å²) in [7, 11) is 0. The summed E-state index contributed by atoms with van der Waals surface area (Å²) in [4.78, 5) is 58.6. The zero-order valence-corrected chi connectivity index (χ0v) is 20.1. The summed E-state index contributed by atoms with van der Waals surface area (Å²) in [6, 6.07) is 11.3. The molecule has 1 aliphatic heterocycles. The van der Waals surface area contributed by atoms with Crippen molar-refractivity contribution in [2.45, 2.75) is 0 Å². The number of benzene rings is 3. The number of nitrogens with zero attached hydrogens (tertiary/aromatic N) is 3. The molecule has 3 aromatic carbocycles. The van der Waals surface area contributed by atoms with Crippen molar-refractivity contribution in [1.82, 2.24) is 4.90 Å². The van der Waals surface area contributed by atoms with Gasteiger partial charge in [0.2, 0.25) is 11.7 Å². The first-order chi connectivity index (χ1) is 18.5. The number of carbonyl (C=O) groups is 3. The normalized spacial score (nSPS) is 14.0. The van der Waals surface area contributed by atoms with Gasteiger partial charge in [0.1, 0.15) is 23.9 Å². The number of hydrogen-bond acceptors (Lipinski definition) is 9. The first-order valence-corrected chi connectivity index (χ1v) is 11.5. The van der Waals surface area contributed by atoms with Crippen molar-refractivity contribution in [2.24, 2.45) is 0 Å². The van der Waals surface area contributed by atoms with E-state index in [0.717, 1.165) is 30.3 Å². The van der Waals surface area contributed by atoms with Crippen LogP contribution < -0.4 is 10.1 Å². The van der Waals surface area contributed by atoms with Crippen LogP contribution in [0.2, 0.25) is 0 Å². The van der Waals surface area contributed by atoms with Crippen molar-refractivity contribution in [1.29, 1.82) is 0 Å². The number of amides is 3. The molecule has 0 aliphatic carbocycles. The quantitative estimate of drug-likeness (QED) is 0.222. The molecule has 1 fully saturated rings. The van der Waals surface area contributed by atoms with Gasteiger partial charge in [-0.15, -0.1) is 0 Å². The fourth-order valence-electron chi connectivity index (χ4n) is 3.35. The third-order valence-electron chi connectivity index (χ3n) is 5.11. The Balaban J connectivity index is 1.48. The van der Waals surface area contributed by atoms with Crippen LogP contribution in [0.4, 0.5) is 30.6 Å². The van der Waals surface area contributed by atoms with Gasteiger partial charge in [-0.1, -0.05) is 12.1 Å². The summed E-state index contributed by atoms with van der Waals surface area (Å²) < 4.78 is 32.4. The molecule has 0 radical (unpaired) electrons. The summed E-state index contributed by atoms with van der Waals surface area (Å²) >= 11 is 0.551. The van der Waals surface area contributed by atoms with Gasteiger partial charge >= 0.3 is 5.69 Å². The van der Waals surface area contributed by atoms with Crippen LogP contribution in [-0.2, 0) is 9.59 Å². The predicted octanol–water partition coefficient (Wildman–Crippen LogP) is 5.25. The molecule has 39 heavy (non-hydrogen) atoms. The molecule has 3 amide bonds. The minimum absolute atomic E-state index is 0.0424. The van der Waals surface area contributed by atoms with Crippen molar-refractivity contribution in [2.75, 3.05) is 11.9 Å². The average molecular weight is 556 g/mol. The molecule has 0 bridgehead atoms. The van der Waals surface area contributed by atoms with E-state index in [2.05, 4.69) is 5.32 Å². The third kappa shape index (κ3) is 6.22. The van der Waals surface area contributed by atoms with E-state index in [4.69, 9.17) is 4.74 Å². The Morgan fingerprint density at radius 2 is 1.79 bits per heavy atom. The van der Waals surface area contributed by atoms with E-state index < -0.39 is 56.5 Å². The summed E-state index contributed by atoms with van der Waals surface area (Å²) in [6.45, 7) is -0.716. The molecule has 1 heterocycles. The van der Waals surface area contributed by atoms with E-state index in [9.17, 15) is 43.4 Å². The van der Waals surface area contributed by atoms with Crippen LogP contribution in [0, 0.1) is 31.9 Å². The Morgan fingerprint density at radius 1 is 1.03 bits per heavy atom. The van der Waals surface area contributed by atoms with E-state index in [0.29, 0.717) is 28.3 Å². The molecule has 15 heteroatoms. The number of nitro groups is 2. The molecular formula is C24H14F2N4O8S. The summed E-state index contributed by atoms with van der Waals surface area (Å²) in [5.41, 5.74) is -1.08. The number of nitro benzene ring substituents is 2. The van der Waals surface area contributed by atoms with Gasteiger partial charge in [-0.3, -0.25) is 39.5 Å². The lowest BCUT2D eigenvalue weighted by Crippen LogP contribution is -2.36. The van der Waals surface area contributed by atoms with Crippen LogP contribution in [0.25, 0.3) is 6.08 Å². The molecular weight excluding hydrogens is 542 g/mol. The molecule has 0 atom stereocenters. The molecule has 1 aliphatic rings. The van der Waals surface area contributed by atoms with Gasteiger partial charge in [0, 0.05) is 12.1 Å². The van der Waals surface area contributed by atoms with Crippen molar-refractivity contribution in [3.63, 3.8) is 0 Å². The maximum Gasteiger partial charge on any atom is 0.318 e. The van der Waals surface area contributed by atoms with Crippen LogP contribution in [0.1, 0.15) is 5.56 Å². The summed E-state index contributed by atoms with van der Waals surface area (Å²) in [5.74, 6) is -3.71. The SMILES string of the molecule is O=C(CN1C(=O)S/C(=C/c2cccc(Oc3ccc([N+](=O)[O-])cc3[N+](=O)[O-])c2)C1=O)Nc1ccc(F)cc1F. The van der Waals surface area contributed by atoms with Crippen LogP contribution in [0.15, 0.2) is 65.6 Å². The second-order valence-corrected chi connectivity index (χ2v) is 8.77. The number of anilines is 1. The van der Waals surface area contributed by atoms with Gasteiger partial charge in [0.05, 0.1) is 26.5 Å². The van der Waals surface area contributed by atoms with Crippen molar-refractivity contribution >= 4 is 52.0 Å². The highest BCUT2D eigenvalue weighted by atomic mass is 32.2. The minimum Gasteiger partial charge on any atom is -0.450 e. The number of nitrogens with one attached hydrogen (secondary N) is 1. The van der Waals surface area contributed by atoms with Crippen LogP contribution in [0.5, 0.6) is 11.5 Å². The third-order valence-corrected chi connectivity index (χ3v) is 6.02. The maximum absolute atomic E-state index is 13.8. The van der Waals surface area contributed by atoms with Crippen LogP contribution in [0.3, 0.4) is 0 Å². The van der Waals surface area contributed by atoms with Crippen molar-refractivity contribution in [3.8, 4) is 11.5 Å². The number of ether oxygens (including phenoxy) is 1. The van der Waals surface area contributed by atoms with Gasteiger partial charge in [0.25, 0.3) is 16.8 Å². The Kier molecular flexibility index (Phi) is 7.62. The number of non-ortho nitro benzene ring substituents is 1. The summed E-state index contributed by atoms with van der Waals surface area (Å²) in [5, 5.41) is 23.7. The Morgan fingerprint density at radius 3 is 2.49 bits per heavy atom. The fourth-order valence-corrected chi connectivity index (χ4v) is 4.19.